The molecular formula is C22H17N3O3. The predicted molar refractivity (Wildman–Crippen MR) is 106 cm³/mol. The van der Waals surface area contributed by atoms with Crippen LogP contribution in [0.2, 0.25) is 0 Å². The summed E-state index contributed by atoms with van der Waals surface area (Å²) in [5.74, 6) is 0.738. The van der Waals surface area contributed by atoms with Gasteiger partial charge in [0.2, 0.25) is 5.82 Å². The molecule has 0 atom stereocenters. The smallest absolute Gasteiger partial charge is 0.270 e. The second kappa shape index (κ2) is 7.84. The van der Waals surface area contributed by atoms with E-state index in [0.717, 1.165) is 24.0 Å². The number of nitro benzene ring substituents is 1. The Morgan fingerprint density at radius 2 is 1.68 bits per heavy atom. The fraction of sp³-hybridized carbons (Fsp3) is 0.0909. The van der Waals surface area contributed by atoms with Gasteiger partial charge in [0, 0.05) is 23.3 Å². The van der Waals surface area contributed by atoms with Crippen LogP contribution < -0.4 is 0 Å². The van der Waals surface area contributed by atoms with Gasteiger partial charge in [0.05, 0.1) is 4.92 Å². The van der Waals surface area contributed by atoms with Gasteiger partial charge in [0.15, 0.2) is 0 Å². The fourth-order valence-electron chi connectivity index (χ4n) is 3.08. The lowest BCUT2D eigenvalue weighted by Crippen LogP contribution is -1.94. The Hall–Kier alpha value is -3.80. The highest BCUT2D eigenvalue weighted by atomic mass is 16.6. The average molecular weight is 371 g/mol. The molecule has 0 saturated heterocycles. The van der Waals surface area contributed by atoms with Gasteiger partial charge in [0.1, 0.15) is 0 Å². The molecule has 0 saturated carbocycles. The van der Waals surface area contributed by atoms with Crippen molar-refractivity contribution in [3.8, 4) is 22.8 Å². The summed E-state index contributed by atoms with van der Waals surface area (Å²) >= 11 is 0. The van der Waals surface area contributed by atoms with Gasteiger partial charge in [0.25, 0.3) is 11.6 Å². The monoisotopic (exact) mass is 371 g/mol. The van der Waals surface area contributed by atoms with Crippen molar-refractivity contribution in [2.45, 2.75) is 12.8 Å². The Morgan fingerprint density at radius 3 is 2.50 bits per heavy atom. The van der Waals surface area contributed by atoms with Crippen LogP contribution in [0.5, 0.6) is 0 Å². The number of benzene rings is 3. The van der Waals surface area contributed by atoms with E-state index < -0.39 is 4.92 Å². The Labute approximate surface area is 161 Å². The molecule has 0 bridgehead atoms. The van der Waals surface area contributed by atoms with Crippen molar-refractivity contribution >= 4 is 5.69 Å². The Bertz CT molecular complexity index is 1110. The molecule has 138 valence electrons. The summed E-state index contributed by atoms with van der Waals surface area (Å²) in [5.41, 5.74) is 3.79. The minimum absolute atomic E-state index is 0.00730. The van der Waals surface area contributed by atoms with E-state index in [4.69, 9.17) is 4.52 Å². The largest absolute Gasteiger partial charge is 0.334 e. The van der Waals surface area contributed by atoms with E-state index in [-0.39, 0.29) is 5.69 Å². The van der Waals surface area contributed by atoms with Gasteiger partial charge in [-0.15, -0.1) is 0 Å². The van der Waals surface area contributed by atoms with E-state index in [1.165, 1.54) is 17.7 Å². The zero-order valence-electron chi connectivity index (χ0n) is 15.0. The zero-order valence-corrected chi connectivity index (χ0v) is 15.0. The van der Waals surface area contributed by atoms with E-state index >= 15 is 0 Å². The molecule has 1 heterocycles. The minimum atomic E-state index is -0.441. The molecule has 3 aromatic carbocycles. The lowest BCUT2D eigenvalue weighted by molar-refractivity contribution is -0.384. The molecule has 0 fully saturated rings. The first kappa shape index (κ1) is 17.6. The van der Waals surface area contributed by atoms with Crippen LogP contribution in [0.4, 0.5) is 5.69 Å². The van der Waals surface area contributed by atoms with Crippen LogP contribution in [0, 0.1) is 10.1 Å². The molecule has 4 rings (SSSR count). The van der Waals surface area contributed by atoms with Crippen LogP contribution in [0.3, 0.4) is 0 Å². The Balaban J connectivity index is 1.60. The number of nitro groups is 1. The van der Waals surface area contributed by atoms with Gasteiger partial charge in [-0.05, 0) is 30.0 Å². The standard InChI is InChI=1S/C22H17N3O3/c26-25(27)19-11-6-10-18(15-19)21-23-22(28-24-21)20-12-5-4-9-17(20)14-13-16-7-2-1-3-8-16/h1-12,15H,13-14H2. The van der Waals surface area contributed by atoms with Crippen molar-refractivity contribution in [2.24, 2.45) is 0 Å². The molecule has 0 amide bonds. The van der Waals surface area contributed by atoms with Gasteiger partial charge < -0.3 is 4.52 Å². The molecule has 28 heavy (non-hydrogen) atoms. The number of aromatic nitrogens is 2. The van der Waals surface area contributed by atoms with Gasteiger partial charge in [-0.1, -0.05) is 65.8 Å². The van der Waals surface area contributed by atoms with Crippen molar-refractivity contribution < 1.29 is 9.45 Å². The van der Waals surface area contributed by atoms with Crippen molar-refractivity contribution in [3.05, 3.63) is 100 Å². The normalized spacial score (nSPS) is 10.7. The third kappa shape index (κ3) is 3.81. The maximum atomic E-state index is 11.0. The molecule has 1 aromatic heterocycles. The highest BCUT2D eigenvalue weighted by Crippen LogP contribution is 2.27. The van der Waals surface area contributed by atoms with E-state index in [9.17, 15) is 10.1 Å². The number of nitrogens with zero attached hydrogens (tertiary/aromatic N) is 3. The molecule has 0 N–H and O–H groups in total. The number of hydrogen-bond donors (Lipinski definition) is 0. The van der Waals surface area contributed by atoms with Crippen LogP contribution in [0.15, 0.2) is 83.4 Å². The Morgan fingerprint density at radius 1 is 0.893 bits per heavy atom. The Kier molecular flexibility index (Phi) is 4.93. The summed E-state index contributed by atoms with van der Waals surface area (Å²) in [7, 11) is 0. The molecular weight excluding hydrogens is 354 g/mol. The molecule has 0 aliphatic carbocycles. The van der Waals surface area contributed by atoms with Gasteiger partial charge in [-0.2, -0.15) is 4.98 Å². The second-order valence-electron chi connectivity index (χ2n) is 6.37. The van der Waals surface area contributed by atoms with Crippen LogP contribution in [0.25, 0.3) is 22.8 Å². The quantitative estimate of drug-likeness (QED) is 0.348. The van der Waals surface area contributed by atoms with E-state index in [1.54, 1.807) is 12.1 Å². The maximum absolute atomic E-state index is 11.0. The van der Waals surface area contributed by atoms with E-state index in [2.05, 4.69) is 28.3 Å². The average Bonchev–Trinajstić information content (AvgIpc) is 3.23. The van der Waals surface area contributed by atoms with Crippen molar-refractivity contribution in [2.75, 3.05) is 0 Å². The molecule has 0 aliphatic rings. The lowest BCUT2D eigenvalue weighted by Gasteiger charge is -2.06. The van der Waals surface area contributed by atoms with Crippen LogP contribution in [-0.4, -0.2) is 15.1 Å². The third-order valence-corrected chi connectivity index (χ3v) is 4.51. The topological polar surface area (TPSA) is 82.1 Å². The van der Waals surface area contributed by atoms with Crippen molar-refractivity contribution in [1.29, 1.82) is 0 Å². The highest BCUT2D eigenvalue weighted by Gasteiger charge is 2.15. The molecule has 0 unspecified atom stereocenters. The summed E-state index contributed by atoms with van der Waals surface area (Å²) in [6.45, 7) is 0. The lowest BCUT2D eigenvalue weighted by atomic mass is 10.00. The molecule has 0 aliphatic heterocycles. The zero-order chi connectivity index (χ0) is 19.3. The van der Waals surface area contributed by atoms with Gasteiger partial charge in [-0.3, -0.25) is 10.1 Å². The first-order chi connectivity index (χ1) is 13.7. The summed E-state index contributed by atoms with van der Waals surface area (Å²) in [6.07, 6.45) is 1.75. The summed E-state index contributed by atoms with van der Waals surface area (Å²) in [4.78, 5) is 15.0. The number of non-ortho nitro benzene ring substituents is 1. The first-order valence-electron chi connectivity index (χ1n) is 8.91. The number of aryl methyl sites for hydroxylation is 2. The van der Waals surface area contributed by atoms with Crippen molar-refractivity contribution in [1.82, 2.24) is 10.1 Å². The minimum Gasteiger partial charge on any atom is -0.334 e. The summed E-state index contributed by atoms with van der Waals surface area (Å²) < 4.78 is 5.47. The van der Waals surface area contributed by atoms with Gasteiger partial charge >= 0.3 is 0 Å². The summed E-state index contributed by atoms with van der Waals surface area (Å²) in [5, 5.41) is 15.0. The fourth-order valence-corrected chi connectivity index (χ4v) is 3.08. The third-order valence-electron chi connectivity index (χ3n) is 4.51. The number of rotatable bonds is 6. The molecule has 4 aromatic rings. The number of hydrogen-bond acceptors (Lipinski definition) is 5. The SMILES string of the molecule is O=[N+]([O-])c1cccc(-c2noc(-c3ccccc3CCc3ccccc3)n2)c1. The van der Waals surface area contributed by atoms with E-state index in [1.807, 2.05) is 36.4 Å². The molecule has 6 nitrogen and oxygen atoms in total. The maximum Gasteiger partial charge on any atom is 0.270 e. The van der Waals surface area contributed by atoms with E-state index in [0.29, 0.717) is 17.3 Å². The van der Waals surface area contributed by atoms with Gasteiger partial charge in [-0.25, -0.2) is 0 Å². The second-order valence-corrected chi connectivity index (χ2v) is 6.37. The molecule has 0 radical (unpaired) electrons. The summed E-state index contributed by atoms with van der Waals surface area (Å²) in [6, 6.07) is 24.4. The highest BCUT2D eigenvalue weighted by molar-refractivity contribution is 5.64. The molecule has 6 heteroatoms. The van der Waals surface area contributed by atoms with Crippen LogP contribution in [0.1, 0.15) is 11.1 Å². The van der Waals surface area contributed by atoms with Crippen LogP contribution in [-0.2, 0) is 12.8 Å². The van der Waals surface area contributed by atoms with Crippen LogP contribution >= 0.6 is 0 Å². The first-order valence-corrected chi connectivity index (χ1v) is 8.91. The predicted octanol–water partition coefficient (Wildman–Crippen LogP) is 5.10. The molecule has 0 spiro atoms. The van der Waals surface area contributed by atoms with Crippen molar-refractivity contribution in [3.63, 3.8) is 0 Å².